The highest BCUT2D eigenvalue weighted by atomic mass is 19.1. The molecule has 2 aromatic carbocycles. The second-order valence-corrected chi connectivity index (χ2v) is 5.84. The smallest absolute Gasteiger partial charge is 0.258 e. The molecule has 0 aliphatic carbocycles. The number of pyridine rings is 1. The number of benzene rings is 2. The van der Waals surface area contributed by atoms with Crippen molar-refractivity contribution in [3.05, 3.63) is 65.6 Å². The van der Waals surface area contributed by atoms with E-state index in [9.17, 15) is 9.18 Å². The maximum absolute atomic E-state index is 12.9. The fourth-order valence-corrected chi connectivity index (χ4v) is 2.54. The van der Waals surface area contributed by atoms with Crippen LogP contribution in [-0.2, 0) is 11.3 Å². The van der Waals surface area contributed by atoms with Crippen molar-refractivity contribution in [3.63, 3.8) is 0 Å². The number of amides is 1. The maximum Gasteiger partial charge on any atom is 0.258 e. The molecule has 3 rings (SSSR count). The topological polar surface area (TPSA) is 60.5 Å². The number of fused-ring (bicyclic) bond motifs is 1. The largest absolute Gasteiger partial charge is 0.497 e. The van der Waals surface area contributed by atoms with Gasteiger partial charge in [0.25, 0.3) is 5.91 Å². The zero-order chi connectivity index (χ0) is 18.5. The van der Waals surface area contributed by atoms with Crippen molar-refractivity contribution in [2.45, 2.75) is 13.5 Å². The Morgan fingerprint density at radius 2 is 1.92 bits per heavy atom. The number of carbonyl (C=O) groups excluding carboxylic acids is 1. The number of carbonyl (C=O) groups is 1. The van der Waals surface area contributed by atoms with Gasteiger partial charge in [-0.15, -0.1) is 0 Å². The number of hydrogen-bond donors (Lipinski definition) is 1. The van der Waals surface area contributed by atoms with Crippen LogP contribution in [0.25, 0.3) is 10.9 Å². The number of aryl methyl sites for hydroxylation is 1. The second-order valence-electron chi connectivity index (χ2n) is 5.84. The molecule has 0 spiro atoms. The average molecular weight is 354 g/mol. The fraction of sp³-hybridized carbons (Fsp3) is 0.200. The van der Waals surface area contributed by atoms with Crippen LogP contribution in [0.4, 0.5) is 4.39 Å². The van der Waals surface area contributed by atoms with Crippen LogP contribution in [-0.4, -0.2) is 24.6 Å². The zero-order valence-corrected chi connectivity index (χ0v) is 14.6. The van der Waals surface area contributed by atoms with Crippen molar-refractivity contribution in [2.24, 2.45) is 0 Å². The molecule has 0 aliphatic rings. The molecule has 0 bridgehead atoms. The average Bonchev–Trinajstić information content (AvgIpc) is 2.65. The lowest BCUT2D eigenvalue weighted by atomic mass is 10.1. The molecular weight excluding hydrogens is 335 g/mol. The number of ether oxygens (including phenoxy) is 2. The van der Waals surface area contributed by atoms with E-state index < -0.39 is 0 Å². The van der Waals surface area contributed by atoms with Gasteiger partial charge in [0.05, 0.1) is 12.6 Å². The summed E-state index contributed by atoms with van der Waals surface area (Å²) < 4.78 is 23.8. The predicted octanol–water partition coefficient (Wildman–Crippen LogP) is 3.39. The lowest BCUT2D eigenvalue weighted by Crippen LogP contribution is -2.28. The van der Waals surface area contributed by atoms with Gasteiger partial charge in [-0.1, -0.05) is 12.1 Å². The van der Waals surface area contributed by atoms with Gasteiger partial charge in [0.2, 0.25) is 0 Å². The van der Waals surface area contributed by atoms with E-state index in [-0.39, 0.29) is 18.3 Å². The van der Waals surface area contributed by atoms with E-state index in [0.717, 1.165) is 22.2 Å². The number of nitrogens with one attached hydrogen (secondary N) is 1. The minimum absolute atomic E-state index is 0.128. The van der Waals surface area contributed by atoms with Gasteiger partial charge in [-0.2, -0.15) is 0 Å². The molecule has 6 heteroatoms. The van der Waals surface area contributed by atoms with E-state index in [2.05, 4.69) is 10.3 Å². The minimum atomic E-state index is -0.307. The Hall–Kier alpha value is -3.15. The summed E-state index contributed by atoms with van der Waals surface area (Å²) >= 11 is 0. The van der Waals surface area contributed by atoms with Gasteiger partial charge in [0, 0.05) is 23.7 Å². The van der Waals surface area contributed by atoms with Gasteiger partial charge < -0.3 is 14.8 Å². The first-order valence-electron chi connectivity index (χ1n) is 8.14. The van der Waals surface area contributed by atoms with E-state index in [1.165, 1.54) is 12.1 Å². The van der Waals surface area contributed by atoms with Crippen LogP contribution < -0.4 is 14.8 Å². The monoisotopic (exact) mass is 354 g/mol. The molecule has 134 valence electrons. The molecule has 5 nitrogen and oxygen atoms in total. The zero-order valence-electron chi connectivity index (χ0n) is 14.6. The van der Waals surface area contributed by atoms with Gasteiger partial charge in [-0.3, -0.25) is 9.78 Å². The van der Waals surface area contributed by atoms with Crippen LogP contribution >= 0.6 is 0 Å². The normalized spacial score (nSPS) is 10.6. The van der Waals surface area contributed by atoms with Crippen molar-refractivity contribution >= 4 is 16.8 Å². The first kappa shape index (κ1) is 17.7. The molecule has 1 N–H and O–H groups in total. The molecule has 26 heavy (non-hydrogen) atoms. The standard InChI is InChI=1S/C20H19FN2O3/c1-13-9-19(17-10-16(25-2)7-8-18(17)23-13)26-12-20(24)22-11-14-3-5-15(21)6-4-14/h3-10H,11-12H2,1-2H3,(H,22,24). The van der Waals surface area contributed by atoms with Crippen LogP contribution in [0.1, 0.15) is 11.3 Å². The summed E-state index contributed by atoms with van der Waals surface area (Å²) in [4.78, 5) is 16.5. The Bertz CT molecular complexity index is 926. The Kier molecular flexibility index (Phi) is 5.31. The highest BCUT2D eigenvalue weighted by Crippen LogP contribution is 2.28. The van der Waals surface area contributed by atoms with Gasteiger partial charge in [-0.25, -0.2) is 4.39 Å². The van der Waals surface area contributed by atoms with E-state index in [0.29, 0.717) is 18.0 Å². The van der Waals surface area contributed by atoms with Crippen molar-refractivity contribution in [1.82, 2.24) is 10.3 Å². The predicted molar refractivity (Wildman–Crippen MR) is 96.8 cm³/mol. The molecule has 0 atom stereocenters. The molecule has 0 saturated carbocycles. The Morgan fingerprint density at radius 3 is 2.65 bits per heavy atom. The number of nitrogens with zero attached hydrogens (tertiary/aromatic N) is 1. The van der Waals surface area contributed by atoms with Crippen LogP contribution in [0.15, 0.2) is 48.5 Å². The van der Waals surface area contributed by atoms with Crippen molar-refractivity contribution in [3.8, 4) is 11.5 Å². The molecule has 0 fully saturated rings. The quantitative estimate of drug-likeness (QED) is 0.737. The second kappa shape index (κ2) is 7.82. The third kappa shape index (κ3) is 4.27. The first-order chi connectivity index (χ1) is 12.5. The minimum Gasteiger partial charge on any atom is -0.497 e. The third-order valence-electron chi connectivity index (χ3n) is 3.87. The Morgan fingerprint density at radius 1 is 1.15 bits per heavy atom. The highest BCUT2D eigenvalue weighted by Gasteiger charge is 2.09. The molecule has 0 radical (unpaired) electrons. The fourth-order valence-electron chi connectivity index (χ4n) is 2.54. The molecule has 1 aromatic heterocycles. The number of hydrogen-bond acceptors (Lipinski definition) is 4. The van der Waals surface area contributed by atoms with E-state index in [1.807, 2.05) is 25.1 Å². The first-order valence-corrected chi connectivity index (χ1v) is 8.14. The molecule has 3 aromatic rings. The van der Waals surface area contributed by atoms with Crippen molar-refractivity contribution in [1.29, 1.82) is 0 Å². The summed E-state index contributed by atoms with van der Waals surface area (Å²) in [7, 11) is 1.59. The molecule has 1 heterocycles. The van der Waals surface area contributed by atoms with E-state index >= 15 is 0 Å². The van der Waals surface area contributed by atoms with Crippen LogP contribution in [0.5, 0.6) is 11.5 Å². The van der Waals surface area contributed by atoms with Crippen LogP contribution in [0.3, 0.4) is 0 Å². The molecule has 1 amide bonds. The number of methoxy groups -OCH3 is 1. The maximum atomic E-state index is 12.9. The van der Waals surface area contributed by atoms with Crippen molar-refractivity contribution < 1.29 is 18.7 Å². The summed E-state index contributed by atoms with van der Waals surface area (Å²) in [6.07, 6.45) is 0. The van der Waals surface area contributed by atoms with Crippen LogP contribution in [0.2, 0.25) is 0 Å². The Labute approximate surface area is 150 Å². The molecule has 0 aliphatic heterocycles. The lowest BCUT2D eigenvalue weighted by molar-refractivity contribution is -0.123. The summed E-state index contributed by atoms with van der Waals surface area (Å²) in [6.45, 7) is 2.05. The van der Waals surface area contributed by atoms with E-state index in [1.54, 1.807) is 25.3 Å². The van der Waals surface area contributed by atoms with Gasteiger partial charge in [0.15, 0.2) is 6.61 Å². The highest BCUT2D eigenvalue weighted by molar-refractivity contribution is 5.87. The third-order valence-corrected chi connectivity index (χ3v) is 3.87. The molecule has 0 unspecified atom stereocenters. The van der Waals surface area contributed by atoms with Gasteiger partial charge in [0.1, 0.15) is 17.3 Å². The summed E-state index contributed by atoms with van der Waals surface area (Å²) in [5, 5.41) is 3.53. The molecular formula is C20H19FN2O3. The summed E-state index contributed by atoms with van der Waals surface area (Å²) in [6, 6.07) is 13.3. The summed E-state index contributed by atoms with van der Waals surface area (Å²) in [5.74, 6) is 0.690. The van der Waals surface area contributed by atoms with Gasteiger partial charge >= 0.3 is 0 Å². The molecule has 0 saturated heterocycles. The summed E-state index contributed by atoms with van der Waals surface area (Å²) in [5.41, 5.74) is 2.38. The van der Waals surface area contributed by atoms with Crippen LogP contribution in [0, 0.1) is 12.7 Å². The SMILES string of the molecule is COc1ccc2nc(C)cc(OCC(=O)NCc3ccc(F)cc3)c2c1. The Balaban J connectivity index is 1.66. The lowest BCUT2D eigenvalue weighted by Gasteiger charge is -2.11. The van der Waals surface area contributed by atoms with Crippen molar-refractivity contribution in [2.75, 3.05) is 13.7 Å². The van der Waals surface area contributed by atoms with E-state index in [4.69, 9.17) is 9.47 Å². The number of aromatic nitrogens is 1. The number of rotatable bonds is 6. The van der Waals surface area contributed by atoms with Gasteiger partial charge in [-0.05, 0) is 42.8 Å². The number of halogens is 1.